The number of nitrogens with zero attached hydrogens (tertiary/aromatic N) is 1. The van der Waals surface area contributed by atoms with Gasteiger partial charge in [0.25, 0.3) is 0 Å². The molecule has 1 aliphatic rings. The SMILES string of the molecule is CCCCCCNC(=O)CCCC(=O)N1CCSC1=S. The molecule has 1 rings (SSSR count). The molecule has 0 aromatic rings. The molecule has 0 aromatic heterocycles. The highest BCUT2D eigenvalue weighted by molar-refractivity contribution is 8.23. The van der Waals surface area contributed by atoms with Gasteiger partial charge in [-0.2, -0.15) is 0 Å². The second kappa shape index (κ2) is 10.2. The Morgan fingerprint density at radius 3 is 2.70 bits per heavy atom. The number of nitrogens with one attached hydrogen (secondary N) is 1. The molecule has 114 valence electrons. The van der Waals surface area contributed by atoms with E-state index in [9.17, 15) is 9.59 Å². The third-order valence-corrected chi connectivity index (χ3v) is 4.64. The molecule has 2 amide bonds. The van der Waals surface area contributed by atoms with Crippen molar-refractivity contribution >= 4 is 40.1 Å². The summed E-state index contributed by atoms with van der Waals surface area (Å²) in [6.07, 6.45) is 6.06. The van der Waals surface area contributed by atoms with Crippen LogP contribution in [0.4, 0.5) is 0 Å². The summed E-state index contributed by atoms with van der Waals surface area (Å²) in [6, 6.07) is 0. The van der Waals surface area contributed by atoms with Crippen LogP contribution in [0.2, 0.25) is 0 Å². The molecular weight excluding hydrogens is 292 g/mol. The zero-order chi connectivity index (χ0) is 14.8. The first-order chi connectivity index (χ1) is 9.65. The lowest BCUT2D eigenvalue weighted by atomic mass is 10.2. The quantitative estimate of drug-likeness (QED) is 0.525. The number of amides is 2. The van der Waals surface area contributed by atoms with Crippen molar-refractivity contribution in [1.82, 2.24) is 10.2 Å². The van der Waals surface area contributed by atoms with Gasteiger partial charge < -0.3 is 5.32 Å². The van der Waals surface area contributed by atoms with Gasteiger partial charge in [-0.15, -0.1) is 0 Å². The molecule has 0 unspecified atom stereocenters. The summed E-state index contributed by atoms with van der Waals surface area (Å²) in [4.78, 5) is 25.1. The van der Waals surface area contributed by atoms with E-state index >= 15 is 0 Å². The summed E-state index contributed by atoms with van der Waals surface area (Å²) in [6.45, 7) is 3.63. The van der Waals surface area contributed by atoms with Gasteiger partial charge in [-0.1, -0.05) is 50.2 Å². The Morgan fingerprint density at radius 1 is 1.25 bits per heavy atom. The summed E-state index contributed by atoms with van der Waals surface area (Å²) in [5.41, 5.74) is 0. The molecule has 1 saturated heterocycles. The van der Waals surface area contributed by atoms with Crippen molar-refractivity contribution in [3.05, 3.63) is 0 Å². The first-order valence-electron chi connectivity index (χ1n) is 7.39. The monoisotopic (exact) mass is 316 g/mol. The number of thioether (sulfide) groups is 1. The Kier molecular flexibility index (Phi) is 8.85. The minimum atomic E-state index is 0.0488. The molecule has 1 fully saturated rings. The van der Waals surface area contributed by atoms with E-state index in [1.807, 2.05) is 0 Å². The van der Waals surface area contributed by atoms with Crippen LogP contribution in [0.1, 0.15) is 51.9 Å². The van der Waals surface area contributed by atoms with Crippen LogP contribution in [0.5, 0.6) is 0 Å². The van der Waals surface area contributed by atoms with Gasteiger partial charge in [0.05, 0.1) is 0 Å². The normalized spacial score (nSPS) is 14.7. The van der Waals surface area contributed by atoms with E-state index in [1.54, 1.807) is 16.7 Å². The number of thiocarbonyl (C=S) groups is 1. The van der Waals surface area contributed by atoms with Crippen molar-refractivity contribution in [2.75, 3.05) is 18.8 Å². The molecule has 0 bridgehead atoms. The molecule has 0 aromatic carbocycles. The molecule has 6 heteroatoms. The van der Waals surface area contributed by atoms with Gasteiger partial charge in [0.2, 0.25) is 11.8 Å². The third-order valence-electron chi connectivity index (χ3n) is 3.21. The Bertz CT molecular complexity index is 348. The number of carbonyl (C=O) groups excluding carboxylic acids is 2. The van der Waals surface area contributed by atoms with Crippen molar-refractivity contribution in [2.45, 2.75) is 51.9 Å². The van der Waals surface area contributed by atoms with Crippen LogP contribution < -0.4 is 5.32 Å². The predicted molar refractivity (Wildman–Crippen MR) is 87.8 cm³/mol. The molecule has 0 radical (unpaired) electrons. The van der Waals surface area contributed by atoms with Gasteiger partial charge in [-0.05, 0) is 12.8 Å². The van der Waals surface area contributed by atoms with Gasteiger partial charge in [0, 0.05) is 31.7 Å². The second-order valence-corrected chi connectivity index (χ2v) is 6.65. The number of carbonyl (C=O) groups is 2. The minimum absolute atomic E-state index is 0.0488. The fourth-order valence-corrected chi connectivity index (χ4v) is 3.26. The lowest BCUT2D eigenvalue weighted by Gasteiger charge is -2.14. The summed E-state index contributed by atoms with van der Waals surface area (Å²) in [7, 11) is 0. The second-order valence-electron chi connectivity index (χ2n) is 4.92. The van der Waals surface area contributed by atoms with Gasteiger partial charge in [0.15, 0.2) is 0 Å². The van der Waals surface area contributed by atoms with Crippen LogP contribution in [0, 0.1) is 0 Å². The number of rotatable bonds is 9. The van der Waals surface area contributed by atoms with E-state index in [0.29, 0.717) is 30.1 Å². The lowest BCUT2D eigenvalue weighted by molar-refractivity contribution is -0.127. The van der Waals surface area contributed by atoms with Crippen LogP contribution >= 0.6 is 24.0 Å². The lowest BCUT2D eigenvalue weighted by Crippen LogP contribution is -2.31. The maximum absolute atomic E-state index is 11.9. The fraction of sp³-hybridized carbons (Fsp3) is 0.786. The molecule has 0 atom stereocenters. The maximum Gasteiger partial charge on any atom is 0.228 e. The smallest absolute Gasteiger partial charge is 0.228 e. The van der Waals surface area contributed by atoms with Crippen LogP contribution in [0.15, 0.2) is 0 Å². The summed E-state index contributed by atoms with van der Waals surface area (Å²) in [5.74, 6) is 0.992. The molecule has 1 N–H and O–H groups in total. The highest BCUT2D eigenvalue weighted by Gasteiger charge is 2.23. The zero-order valence-corrected chi connectivity index (χ0v) is 13.8. The Balaban J connectivity index is 2.03. The van der Waals surface area contributed by atoms with Crippen molar-refractivity contribution < 1.29 is 9.59 Å². The topological polar surface area (TPSA) is 49.4 Å². The van der Waals surface area contributed by atoms with E-state index in [1.165, 1.54) is 19.3 Å². The van der Waals surface area contributed by atoms with Crippen molar-refractivity contribution in [2.24, 2.45) is 0 Å². The van der Waals surface area contributed by atoms with E-state index in [4.69, 9.17) is 12.2 Å². The molecular formula is C14H24N2O2S2. The number of hydrogen-bond donors (Lipinski definition) is 1. The average molecular weight is 316 g/mol. The first-order valence-corrected chi connectivity index (χ1v) is 8.78. The standard InChI is InChI=1S/C14H24N2O2S2/c1-2-3-4-5-9-15-12(17)7-6-8-13(18)16-10-11-20-14(16)19/h2-11H2,1H3,(H,15,17). The molecule has 4 nitrogen and oxygen atoms in total. The van der Waals surface area contributed by atoms with Crippen molar-refractivity contribution in [3.63, 3.8) is 0 Å². The third kappa shape index (κ3) is 6.70. The molecule has 0 saturated carbocycles. The molecule has 20 heavy (non-hydrogen) atoms. The summed E-state index contributed by atoms with van der Waals surface area (Å²) in [5, 5.41) is 2.90. The summed E-state index contributed by atoms with van der Waals surface area (Å²) >= 11 is 6.65. The van der Waals surface area contributed by atoms with Crippen LogP contribution in [-0.4, -0.2) is 39.9 Å². The van der Waals surface area contributed by atoms with Gasteiger partial charge in [0.1, 0.15) is 4.32 Å². The Labute approximate surface area is 131 Å². The van der Waals surface area contributed by atoms with Crippen LogP contribution in [0.25, 0.3) is 0 Å². The van der Waals surface area contributed by atoms with E-state index in [0.717, 1.165) is 18.7 Å². The summed E-state index contributed by atoms with van der Waals surface area (Å²) < 4.78 is 0.676. The van der Waals surface area contributed by atoms with Crippen LogP contribution in [0.3, 0.4) is 0 Å². The molecule has 1 heterocycles. The van der Waals surface area contributed by atoms with Gasteiger partial charge >= 0.3 is 0 Å². The van der Waals surface area contributed by atoms with Gasteiger partial charge in [-0.25, -0.2) is 0 Å². The Morgan fingerprint density at radius 2 is 2.05 bits per heavy atom. The zero-order valence-electron chi connectivity index (χ0n) is 12.2. The molecule has 0 spiro atoms. The van der Waals surface area contributed by atoms with Crippen molar-refractivity contribution in [1.29, 1.82) is 0 Å². The fourth-order valence-electron chi connectivity index (χ4n) is 2.02. The first kappa shape index (κ1) is 17.4. The van der Waals surface area contributed by atoms with Crippen LogP contribution in [-0.2, 0) is 9.59 Å². The minimum Gasteiger partial charge on any atom is -0.356 e. The number of unbranched alkanes of at least 4 members (excludes halogenated alkanes) is 3. The Hall–Kier alpha value is -0.620. The predicted octanol–water partition coefficient (Wildman–Crippen LogP) is 2.71. The highest BCUT2D eigenvalue weighted by atomic mass is 32.2. The highest BCUT2D eigenvalue weighted by Crippen LogP contribution is 2.19. The largest absolute Gasteiger partial charge is 0.356 e. The van der Waals surface area contributed by atoms with E-state index in [-0.39, 0.29) is 11.8 Å². The molecule has 0 aliphatic carbocycles. The maximum atomic E-state index is 11.9. The van der Waals surface area contributed by atoms with E-state index in [2.05, 4.69) is 12.2 Å². The van der Waals surface area contributed by atoms with Gasteiger partial charge in [-0.3, -0.25) is 14.5 Å². The van der Waals surface area contributed by atoms with Crippen molar-refractivity contribution in [3.8, 4) is 0 Å². The molecule has 1 aliphatic heterocycles. The number of hydrogen-bond acceptors (Lipinski definition) is 4. The average Bonchev–Trinajstić information content (AvgIpc) is 2.84. The van der Waals surface area contributed by atoms with E-state index < -0.39 is 0 Å².